The molecule has 4 heteroatoms. The van der Waals surface area contributed by atoms with Gasteiger partial charge < -0.3 is 10.0 Å². The Balaban J connectivity index is 1.99. The van der Waals surface area contributed by atoms with Gasteiger partial charge in [-0.1, -0.05) is 13.0 Å². The van der Waals surface area contributed by atoms with Gasteiger partial charge in [0, 0.05) is 19.3 Å². The number of carbonyl (C=O) groups is 1. The second-order valence-electron chi connectivity index (χ2n) is 5.12. The zero-order valence-corrected chi connectivity index (χ0v) is 11.0. The molecule has 2 heterocycles. The molecular weight excluding hydrogens is 228 g/mol. The summed E-state index contributed by atoms with van der Waals surface area (Å²) >= 11 is 0. The van der Waals surface area contributed by atoms with Crippen LogP contribution in [0.5, 0.6) is 0 Å². The number of hydrogen-bond acceptors (Lipinski definition) is 3. The second-order valence-corrected chi connectivity index (χ2v) is 5.12. The first-order chi connectivity index (χ1) is 8.58. The molecule has 4 nitrogen and oxygen atoms in total. The fraction of sp³-hybridized carbons (Fsp3) is 0.571. The van der Waals surface area contributed by atoms with Crippen LogP contribution < -0.4 is 0 Å². The van der Waals surface area contributed by atoms with Crippen LogP contribution in [0, 0.1) is 12.8 Å². The number of pyridine rings is 1. The van der Waals surface area contributed by atoms with Crippen molar-refractivity contribution >= 4 is 5.91 Å². The van der Waals surface area contributed by atoms with E-state index in [1.54, 1.807) is 6.20 Å². The van der Waals surface area contributed by atoms with Crippen molar-refractivity contribution in [3.05, 3.63) is 29.6 Å². The molecule has 98 valence electrons. The minimum Gasteiger partial charge on any atom is -0.393 e. The van der Waals surface area contributed by atoms with E-state index in [2.05, 4.69) is 4.98 Å². The summed E-state index contributed by atoms with van der Waals surface area (Å²) in [5.74, 6) is 0.267. The number of aryl methyl sites for hydroxylation is 1. The molecule has 0 spiro atoms. The second kappa shape index (κ2) is 5.48. The topological polar surface area (TPSA) is 53.4 Å². The van der Waals surface area contributed by atoms with Crippen LogP contribution in [-0.2, 0) is 11.2 Å². The van der Waals surface area contributed by atoms with Gasteiger partial charge in [-0.25, -0.2) is 0 Å². The van der Waals surface area contributed by atoms with E-state index in [-0.39, 0.29) is 17.9 Å². The molecule has 1 aromatic rings. The quantitative estimate of drug-likeness (QED) is 0.854. The molecule has 18 heavy (non-hydrogen) atoms. The fourth-order valence-corrected chi connectivity index (χ4v) is 2.32. The predicted molar refractivity (Wildman–Crippen MR) is 69.0 cm³/mol. The third-order valence-corrected chi connectivity index (χ3v) is 3.65. The van der Waals surface area contributed by atoms with Gasteiger partial charge in [0.25, 0.3) is 0 Å². The molecule has 1 saturated heterocycles. The Kier molecular flexibility index (Phi) is 3.97. The molecule has 0 aliphatic carbocycles. The Morgan fingerprint density at radius 3 is 3.06 bits per heavy atom. The van der Waals surface area contributed by atoms with Crippen LogP contribution in [0.25, 0.3) is 0 Å². The molecule has 2 rings (SSSR count). The first-order valence-corrected chi connectivity index (χ1v) is 6.44. The fourth-order valence-electron chi connectivity index (χ4n) is 2.32. The maximum absolute atomic E-state index is 12.2. The molecule has 1 N–H and O–H groups in total. The van der Waals surface area contributed by atoms with Crippen molar-refractivity contribution in [1.82, 2.24) is 9.88 Å². The van der Waals surface area contributed by atoms with E-state index in [0.717, 1.165) is 11.3 Å². The summed E-state index contributed by atoms with van der Waals surface area (Å²) in [4.78, 5) is 18.3. The monoisotopic (exact) mass is 248 g/mol. The van der Waals surface area contributed by atoms with Crippen molar-refractivity contribution in [3.8, 4) is 0 Å². The van der Waals surface area contributed by atoms with E-state index in [0.29, 0.717) is 25.9 Å². The highest BCUT2D eigenvalue weighted by molar-refractivity contribution is 5.78. The summed E-state index contributed by atoms with van der Waals surface area (Å²) in [5, 5.41) is 9.66. The number of piperidine rings is 1. The summed E-state index contributed by atoms with van der Waals surface area (Å²) in [5.41, 5.74) is 1.90. The molecule has 0 bridgehead atoms. The lowest BCUT2D eigenvalue weighted by Gasteiger charge is -2.34. The Morgan fingerprint density at radius 2 is 2.39 bits per heavy atom. The van der Waals surface area contributed by atoms with E-state index in [1.165, 1.54) is 0 Å². The number of likely N-dealkylation sites (tertiary alicyclic amines) is 1. The molecule has 2 atom stereocenters. The molecule has 1 aliphatic heterocycles. The highest BCUT2D eigenvalue weighted by Crippen LogP contribution is 2.17. The number of hydrogen-bond donors (Lipinski definition) is 1. The van der Waals surface area contributed by atoms with Crippen LogP contribution in [-0.4, -0.2) is 40.1 Å². The lowest BCUT2D eigenvalue weighted by molar-refractivity contribution is -0.134. The number of amides is 1. The number of aliphatic hydroxyl groups is 1. The van der Waals surface area contributed by atoms with Gasteiger partial charge >= 0.3 is 0 Å². The number of aliphatic hydroxyl groups excluding tert-OH is 1. The summed E-state index contributed by atoms with van der Waals surface area (Å²) in [6.45, 7) is 5.25. The van der Waals surface area contributed by atoms with E-state index in [9.17, 15) is 9.90 Å². The standard InChI is InChI=1S/C14H20N2O2/c1-10-4-3-6-15-12(10)8-14(18)16-7-5-13(17)11(2)9-16/h3-4,6,11,13,17H,5,7-9H2,1-2H3. The van der Waals surface area contributed by atoms with Crippen LogP contribution >= 0.6 is 0 Å². The number of carbonyl (C=O) groups excluding carboxylic acids is 1. The lowest BCUT2D eigenvalue weighted by Crippen LogP contribution is -2.45. The zero-order chi connectivity index (χ0) is 13.1. The van der Waals surface area contributed by atoms with Crippen molar-refractivity contribution in [1.29, 1.82) is 0 Å². The summed E-state index contributed by atoms with van der Waals surface area (Å²) in [6, 6.07) is 3.85. The number of rotatable bonds is 2. The molecule has 0 aromatic carbocycles. The van der Waals surface area contributed by atoms with Gasteiger partial charge in [-0.2, -0.15) is 0 Å². The summed E-state index contributed by atoms with van der Waals surface area (Å²) in [7, 11) is 0. The van der Waals surface area contributed by atoms with E-state index >= 15 is 0 Å². The van der Waals surface area contributed by atoms with Gasteiger partial charge in [-0.3, -0.25) is 9.78 Å². The van der Waals surface area contributed by atoms with Gasteiger partial charge in [0.2, 0.25) is 5.91 Å². The predicted octanol–water partition coefficient (Wildman–Crippen LogP) is 1.16. The third-order valence-electron chi connectivity index (χ3n) is 3.65. The van der Waals surface area contributed by atoms with Crippen LogP contribution in [0.4, 0.5) is 0 Å². The van der Waals surface area contributed by atoms with E-state index in [4.69, 9.17) is 0 Å². The Hall–Kier alpha value is -1.42. The van der Waals surface area contributed by atoms with Crippen molar-refractivity contribution in [3.63, 3.8) is 0 Å². The van der Waals surface area contributed by atoms with E-state index in [1.807, 2.05) is 30.9 Å². The van der Waals surface area contributed by atoms with Gasteiger partial charge in [0.05, 0.1) is 18.2 Å². The maximum atomic E-state index is 12.2. The molecule has 1 aromatic heterocycles. The molecule has 1 fully saturated rings. The van der Waals surface area contributed by atoms with E-state index < -0.39 is 0 Å². The molecule has 1 amide bonds. The van der Waals surface area contributed by atoms with Gasteiger partial charge in [0.1, 0.15) is 0 Å². The van der Waals surface area contributed by atoms with Gasteiger partial charge in [0.15, 0.2) is 0 Å². The van der Waals surface area contributed by atoms with Crippen molar-refractivity contribution in [2.75, 3.05) is 13.1 Å². The van der Waals surface area contributed by atoms with Crippen LogP contribution in [0.1, 0.15) is 24.6 Å². The number of nitrogens with zero attached hydrogens (tertiary/aromatic N) is 2. The lowest BCUT2D eigenvalue weighted by atomic mass is 9.96. The highest BCUT2D eigenvalue weighted by Gasteiger charge is 2.27. The molecule has 0 radical (unpaired) electrons. The first-order valence-electron chi connectivity index (χ1n) is 6.44. The normalized spacial score (nSPS) is 24.1. The zero-order valence-electron chi connectivity index (χ0n) is 11.0. The van der Waals surface area contributed by atoms with Crippen molar-refractivity contribution < 1.29 is 9.90 Å². The first kappa shape index (κ1) is 13.0. The Labute approximate surface area is 108 Å². The van der Waals surface area contributed by atoms with Crippen molar-refractivity contribution in [2.24, 2.45) is 5.92 Å². The van der Waals surface area contributed by atoms with Crippen LogP contribution in [0.15, 0.2) is 18.3 Å². The summed E-state index contributed by atoms with van der Waals surface area (Å²) < 4.78 is 0. The minimum atomic E-state index is -0.273. The molecule has 0 saturated carbocycles. The summed E-state index contributed by atoms with van der Waals surface area (Å²) in [6.07, 6.45) is 2.48. The Bertz CT molecular complexity index is 434. The molecular formula is C14H20N2O2. The average Bonchev–Trinajstić information content (AvgIpc) is 2.35. The van der Waals surface area contributed by atoms with Gasteiger partial charge in [-0.15, -0.1) is 0 Å². The van der Waals surface area contributed by atoms with Crippen molar-refractivity contribution in [2.45, 2.75) is 32.8 Å². The largest absolute Gasteiger partial charge is 0.393 e. The highest BCUT2D eigenvalue weighted by atomic mass is 16.3. The molecule has 1 aliphatic rings. The van der Waals surface area contributed by atoms with Gasteiger partial charge in [-0.05, 0) is 30.9 Å². The van der Waals surface area contributed by atoms with Crippen LogP contribution in [0.3, 0.4) is 0 Å². The number of aromatic nitrogens is 1. The molecule has 2 unspecified atom stereocenters. The third kappa shape index (κ3) is 2.88. The van der Waals surface area contributed by atoms with Crippen LogP contribution in [0.2, 0.25) is 0 Å². The smallest absolute Gasteiger partial charge is 0.228 e. The average molecular weight is 248 g/mol. The Morgan fingerprint density at radius 1 is 1.61 bits per heavy atom. The minimum absolute atomic E-state index is 0.107. The SMILES string of the molecule is Cc1cccnc1CC(=O)N1CCC(O)C(C)C1. The maximum Gasteiger partial charge on any atom is 0.228 e.